The van der Waals surface area contributed by atoms with E-state index in [-0.39, 0.29) is 5.75 Å². The number of hydrogen-bond donors (Lipinski definition) is 3. The molecule has 0 unspecified atom stereocenters. The number of phenols is 2. The summed E-state index contributed by atoms with van der Waals surface area (Å²) in [4.78, 5) is 13.2. The zero-order valence-corrected chi connectivity index (χ0v) is 14.5. The molecule has 3 N–H and O–H groups in total. The van der Waals surface area contributed by atoms with Crippen LogP contribution in [0.25, 0.3) is 10.9 Å². The van der Waals surface area contributed by atoms with Crippen molar-refractivity contribution < 1.29 is 15.0 Å². The Morgan fingerprint density at radius 3 is 2.04 bits per heavy atom. The lowest BCUT2D eigenvalue weighted by Gasteiger charge is -1.91. The minimum Gasteiger partial charge on any atom is -0.508 e. The molecule has 4 heteroatoms. The fourth-order valence-corrected chi connectivity index (χ4v) is 2.13. The molecule has 0 bridgehead atoms. The van der Waals surface area contributed by atoms with E-state index in [1.807, 2.05) is 37.4 Å². The molecule has 0 aliphatic heterocycles. The van der Waals surface area contributed by atoms with E-state index in [0.29, 0.717) is 17.6 Å². The number of hydrogen-bond acceptors (Lipinski definition) is 3. The van der Waals surface area contributed by atoms with Crippen molar-refractivity contribution in [1.29, 1.82) is 0 Å². The van der Waals surface area contributed by atoms with Crippen LogP contribution in [0.4, 0.5) is 0 Å². The van der Waals surface area contributed by atoms with Gasteiger partial charge in [-0.2, -0.15) is 0 Å². The zero-order valence-electron chi connectivity index (χ0n) is 14.5. The quantitative estimate of drug-likeness (QED) is 0.421. The Morgan fingerprint density at radius 2 is 1.46 bits per heavy atom. The van der Waals surface area contributed by atoms with Crippen molar-refractivity contribution in [3.05, 3.63) is 96.2 Å². The molecule has 0 aliphatic rings. The summed E-state index contributed by atoms with van der Waals surface area (Å²) in [6, 6.07) is 23.8. The van der Waals surface area contributed by atoms with Gasteiger partial charge in [-0.05, 0) is 48.7 Å². The Bertz CT molecular complexity index is 892. The molecule has 4 aromatic rings. The van der Waals surface area contributed by atoms with Crippen molar-refractivity contribution in [3.8, 4) is 11.5 Å². The highest BCUT2D eigenvalue weighted by atomic mass is 16.3. The van der Waals surface area contributed by atoms with E-state index in [1.54, 1.807) is 30.3 Å². The smallest absolute Gasteiger partial charge is 0.153 e. The molecule has 0 amide bonds. The highest BCUT2D eigenvalue weighted by molar-refractivity contribution is 5.79. The number of nitrogens with one attached hydrogen (secondary N) is 1. The van der Waals surface area contributed by atoms with Gasteiger partial charge in [0.25, 0.3) is 0 Å². The van der Waals surface area contributed by atoms with E-state index in [9.17, 15) is 4.79 Å². The number of benzene rings is 3. The Balaban J connectivity index is 0.000000141. The summed E-state index contributed by atoms with van der Waals surface area (Å²) in [6.45, 7) is 1.99. The van der Waals surface area contributed by atoms with Crippen LogP contribution < -0.4 is 0 Å². The summed E-state index contributed by atoms with van der Waals surface area (Å²) in [5.41, 5.74) is 2.71. The average molecular weight is 347 g/mol. The summed E-state index contributed by atoms with van der Waals surface area (Å²) in [6.07, 6.45) is 2.57. The lowest BCUT2D eigenvalue weighted by atomic mass is 10.2. The van der Waals surface area contributed by atoms with Crippen LogP contribution in [0.3, 0.4) is 0 Å². The van der Waals surface area contributed by atoms with Gasteiger partial charge in [-0.3, -0.25) is 4.79 Å². The van der Waals surface area contributed by atoms with Crippen LogP contribution in [-0.4, -0.2) is 21.5 Å². The fourth-order valence-electron chi connectivity index (χ4n) is 2.13. The van der Waals surface area contributed by atoms with E-state index in [4.69, 9.17) is 10.2 Å². The number of rotatable bonds is 1. The van der Waals surface area contributed by atoms with Gasteiger partial charge in [-0.1, -0.05) is 48.0 Å². The van der Waals surface area contributed by atoms with Crippen LogP contribution in [0.1, 0.15) is 15.9 Å². The Labute approximate surface area is 152 Å². The fraction of sp³-hybridized carbons (Fsp3) is 0.0455. The topological polar surface area (TPSA) is 73.3 Å². The average Bonchev–Trinajstić information content (AvgIpc) is 3.14. The molecule has 0 aliphatic carbocycles. The second kappa shape index (κ2) is 9.69. The van der Waals surface area contributed by atoms with E-state index in [1.165, 1.54) is 22.5 Å². The molecule has 0 fully saturated rings. The first-order chi connectivity index (χ1) is 12.6. The van der Waals surface area contributed by atoms with Crippen molar-refractivity contribution in [2.24, 2.45) is 0 Å². The Hall–Kier alpha value is -3.53. The summed E-state index contributed by atoms with van der Waals surface area (Å²) in [7, 11) is 0. The van der Waals surface area contributed by atoms with Crippen molar-refractivity contribution >= 4 is 17.2 Å². The number of para-hydroxylation sites is 2. The molecular weight excluding hydrogens is 326 g/mol. The zero-order chi connectivity index (χ0) is 18.8. The minimum absolute atomic E-state index is 0.0347. The van der Waals surface area contributed by atoms with Gasteiger partial charge in [0, 0.05) is 11.7 Å². The molecule has 26 heavy (non-hydrogen) atoms. The van der Waals surface area contributed by atoms with Crippen LogP contribution in [-0.2, 0) is 0 Å². The molecular formula is C22H21NO3. The van der Waals surface area contributed by atoms with Crippen LogP contribution >= 0.6 is 0 Å². The molecule has 132 valence electrons. The monoisotopic (exact) mass is 347 g/mol. The Morgan fingerprint density at radius 1 is 0.808 bits per heavy atom. The lowest BCUT2D eigenvalue weighted by Crippen LogP contribution is -1.77. The van der Waals surface area contributed by atoms with Gasteiger partial charge in [-0.25, -0.2) is 0 Å². The second-order valence-corrected chi connectivity index (χ2v) is 5.58. The largest absolute Gasteiger partial charge is 0.508 e. The maximum atomic E-state index is 10.1. The van der Waals surface area contributed by atoms with Gasteiger partial charge in [0.1, 0.15) is 11.5 Å². The first kappa shape index (κ1) is 18.8. The molecule has 1 heterocycles. The van der Waals surface area contributed by atoms with Crippen LogP contribution in [0, 0.1) is 6.92 Å². The molecule has 0 saturated carbocycles. The molecule has 4 nitrogen and oxygen atoms in total. The number of phenolic OH excluding ortho intramolecular Hbond substituents is 2. The standard InChI is InChI=1S/C8H7N.C7H6O2.C7H8O/c1-2-4-8-7(3-1)5-6-9-8;8-5-6-3-1-2-4-7(6)9;1-6-2-4-7(8)5-3-6/h1-6,9H;1-5,9H;2-5,8H,1H3. The van der Waals surface area contributed by atoms with Gasteiger partial charge in [0.15, 0.2) is 6.29 Å². The van der Waals surface area contributed by atoms with Crippen LogP contribution in [0.5, 0.6) is 11.5 Å². The van der Waals surface area contributed by atoms with Gasteiger partial charge in [-0.15, -0.1) is 0 Å². The third-order valence-electron chi connectivity index (χ3n) is 3.56. The molecule has 0 spiro atoms. The predicted molar refractivity (Wildman–Crippen MR) is 105 cm³/mol. The van der Waals surface area contributed by atoms with Crippen molar-refractivity contribution in [1.82, 2.24) is 4.98 Å². The third-order valence-corrected chi connectivity index (χ3v) is 3.56. The van der Waals surface area contributed by atoms with E-state index in [0.717, 1.165) is 0 Å². The van der Waals surface area contributed by atoms with Gasteiger partial charge >= 0.3 is 0 Å². The number of H-pyrrole nitrogens is 1. The second-order valence-electron chi connectivity index (χ2n) is 5.58. The van der Waals surface area contributed by atoms with Crippen molar-refractivity contribution in [2.45, 2.75) is 6.92 Å². The molecule has 4 rings (SSSR count). The predicted octanol–water partition coefficient (Wildman–Crippen LogP) is 5.07. The summed E-state index contributed by atoms with van der Waals surface area (Å²) in [5, 5.41) is 18.9. The van der Waals surface area contributed by atoms with E-state index in [2.05, 4.69) is 23.2 Å². The Kier molecular flexibility index (Phi) is 7.01. The third kappa shape index (κ3) is 5.83. The van der Waals surface area contributed by atoms with E-state index < -0.39 is 0 Å². The van der Waals surface area contributed by atoms with Gasteiger partial charge < -0.3 is 15.2 Å². The number of carbonyl (C=O) groups excluding carboxylic acids is 1. The first-order valence-electron chi connectivity index (χ1n) is 8.11. The number of carbonyl (C=O) groups is 1. The molecule has 0 atom stereocenters. The van der Waals surface area contributed by atoms with Crippen LogP contribution in [0.2, 0.25) is 0 Å². The van der Waals surface area contributed by atoms with Gasteiger partial charge in [0.2, 0.25) is 0 Å². The first-order valence-corrected chi connectivity index (χ1v) is 8.11. The molecule has 0 saturated heterocycles. The van der Waals surface area contributed by atoms with Crippen LogP contribution in [0.15, 0.2) is 85.1 Å². The summed E-state index contributed by atoms with van der Waals surface area (Å²) < 4.78 is 0. The van der Waals surface area contributed by atoms with Gasteiger partial charge in [0.05, 0.1) is 5.56 Å². The summed E-state index contributed by atoms with van der Waals surface area (Å²) in [5.74, 6) is 0.364. The highest BCUT2D eigenvalue weighted by Crippen LogP contribution is 2.12. The van der Waals surface area contributed by atoms with E-state index >= 15 is 0 Å². The number of aromatic amines is 1. The number of aryl methyl sites for hydroxylation is 1. The van der Waals surface area contributed by atoms with Crippen molar-refractivity contribution in [2.75, 3.05) is 0 Å². The number of aromatic hydroxyl groups is 2. The molecule has 1 aromatic heterocycles. The number of aldehydes is 1. The summed E-state index contributed by atoms with van der Waals surface area (Å²) >= 11 is 0. The highest BCUT2D eigenvalue weighted by Gasteiger charge is 1.93. The molecule has 0 radical (unpaired) electrons. The van der Waals surface area contributed by atoms with Crippen molar-refractivity contribution in [3.63, 3.8) is 0 Å². The number of fused-ring (bicyclic) bond motifs is 1. The molecule has 3 aromatic carbocycles. The lowest BCUT2D eigenvalue weighted by molar-refractivity contribution is 0.112. The maximum Gasteiger partial charge on any atom is 0.153 e. The SMILES string of the molecule is Cc1ccc(O)cc1.O=Cc1ccccc1O.c1ccc2[nH]ccc2c1. The normalized spacial score (nSPS) is 9.42. The number of aromatic nitrogens is 1. The minimum atomic E-state index is 0.0347. The maximum absolute atomic E-state index is 10.1.